The van der Waals surface area contributed by atoms with Crippen molar-refractivity contribution in [3.05, 3.63) is 0 Å². The zero-order chi connectivity index (χ0) is 11.1. The van der Waals surface area contributed by atoms with Crippen molar-refractivity contribution in [2.45, 2.75) is 57.4 Å². The Labute approximate surface area is 90.0 Å². The summed E-state index contributed by atoms with van der Waals surface area (Å²) in [6, 6.07) is 0.403. The first-order valence-electron chi connectivity index (χ1n) is 5.67. The topological polar surface area (TPSA) is 69.2 Å². The molecular weight excluding hydrogens is 194 g/mol. The Morgan fingerprint density at radius 1 is 1.13 bits per heavy atom. The number of rotatable bonds is 7. The molecule has 0 aliphatic heterocycles. The molecule has 1 aliphatic rings. The lowest BCUT2D eigenvalue weighted by Crippen LogP contribution is -2.39. The van der Waals surface area contributed by atoms with E-state index >= 15 is 0 Å². The minimum atomic E-state index is -1.01. The Balaban J connectivity index is 1.90. The zero-order valence-corrected chi connectivity index (χ0v) is 8.96. The normalized spacial score (nSPS) is 15.7. The van der Waals surface area contributed by atoms with Crippen molar-refractivity contribution in [2.24, 2.45) is 0 Å². The lowest BCUT2D eigenvalue weighted by Gasteiger charge is -2.26. The predicted molar refractivity (Wildman–Crippen MR) is 53.9 cm³/mol. The van der Waals surface area contributed by atoms with Crippen LogP contribution in [0.4, 0.5) is 0 Å². The molecule has 86 valence electrons. The molecule has 0 aromatic carbocycles. The highest BCUT2D eigenvalue weighted by atomic mass is 16.4. The molecule has 0 heterocycles. The van der Waals surface area contributed by atoms with Gasteiger partial charge in [0.1, 0.15) is 0 Å². The molecule has 0 unspecified atom stereocenters. The van der Waals surface area contributed by atoms with Gasteiger partial charge in [0.2, 0.25) is 5.91 Å². The Bertz CT molecular complexity index is 224. The minimum Gasteiger partial charge on any atom is -0.550 e. The molecule has 0 aromatic heterocycles. The number of hydrogen-bond acceptors (Lipinski definition) is 3. The highest BCUT2D eigenvalue weighted by molar-refractivity contribution is 5.76. The zero-order valence-electron chi connectivity index (χ0n) is 8.96. The number of carbonyl (C=O) groups excluding carboxylic acids is 2. The van der Waals surface area contributed by atoms with E-state index < -0.39 is 5.97 Å². The molecule has 1 N–H and O–H groups in total. The summed E-state index contributed by atoms with van der Waals surface area (Å²) in [7, 11) is 0. The fourth-order valence-electron chi connectivity index (χ4n) is 1.58. The van der Waals surface area contributed by atoms with Gasteiger partial charge >= 0.3 is 0 Å². The first-order valence-corrected chi connectivity index (χ1v) is 5.67. The van der Waals surface area contributed by atoms with E-state index in [1.807, 2.05) is 0 Å². The van der Waals surface area contributed by atoms with Gasteiger partial charge in [-0.2, -0.15) is 0 Å². The van der Waals surface area contributed by atoms with E-state index in [0.29, 0.717) is 18.9 Å². The summed E-state index contributed by atoms with van der Waals surface area (Å²) in [5.41, 5.74) is 0. The van der Waals surface area contributed by atoms with Crippen LogP contribution < -0.4 is 10.4 Å². The first kappa shape index (κ1) is 12.0. The van der Waals surface area contributed by atoms with Gasteiger partial charge in [0.15, 0.2) is 0 Å². The molecule has 1 aliphatic carbocycles. The summed E-state index contributed by atoms with van der Waals surface area (Å²) in [5, 5.41) is 13.0. The van der Waals surface area contributed by atoms with Crippen LogP contribution in [0, 0.1) is 0 Å². The van der Waals surface area contributed by atoms with Crippen LogP contribution in [0.15, 0.2) is 0 Å². The molecule has 0 saturated heterocycles. The fourth-order valence-corrected chi connectivity index (χ4v) is 1.58. The second-order valence-corrected chi connectivity index (χ2v) is 4.13. The summed E-state index contributed by atoms with van der Waals surface area (Å²) in [6.45, 7) is 0. The molecule has 4 nitrogen and oxygen atoms in total. The second-order valence-electron chi connectivity index (χ2n) is 4.13. The maximum Gasteiger partial charge on any atom is 0.220 e. The molecule has 1 fully saturated rings. The second kappa shape index (κ2) is 6.43. The minimum absolute atomic E-state index is 0.101. The number of unbranched alkanes of at least 4 members (excludes halogenated alkanes) is 2. The number of nitrogens with one attached hydrogen (secondary N) is 1. The summed E-state index contributed by atoms with van der Waals surface area (Å²) >= 11 is 0. The van der Waals surface area contributed by atoms with Gasteiger partial charge in [0.25, 0.3) is 0 Å². The van der Waals surface area contributed by atoms with Crippen LogP contribution in [0.25, 0.3) is 0 Å². The molecular formula is C11H18NO3-. The molecule has 1 saturated carbocycles. The number of carboxylic acids is 1. The highest BCUT2D eigenvalue weighted by Gasteiger charge is 2.18. The first-order chi connectivity index (χ1) is 7.18. The van der Waals surface area contributed by atoms with Crippen molar-refractivity contribution in [2.75, 3.05) is 0 Å². The molecule has 0 atom stereocenters. The van der Waals surface area contributed by atoms with Gasteiger partial charge in [-0.25, -0.2) is 0 Å². The Kier molecular flexibility index (Phi) is 5.15. The smallest absolute Gasteiger partial charge is 0.220 e. The van der Waals surface area contributed by atoms with Crippen molar-refractivity contribution >= 4 is 11.9 Å². The lowest BCUT2D eigenvalue weighted by atomic mass is 9.93. The van der Waals surface area contributed by atoms with Crippen LogP contribution >= 0.6 is 0 Å². The summed E-state index contributed by atoms with van der Waals surface area (Å²) in [5.74, 6) is -0.901. The van der Waals surface area contributed by atoms with Crippen LogP contribution in [-0.4, -0.2) is 17.9 Å². The van der Waals surface area contributed by atoms with Crippen LogP contribution in [0.2, 0.25) is 0 Å². The highest BCUT2D eigenvalue weighted by Crippen LogP contribution is 2.18. The van der Waals surface area contributed by atoms with Crippen molar-refractivity contribution in [1.29, 1.82) is 0 Å². The van der Waals surface area contributed by atoms with Gasteiger partial charge in [-0.15, -0.1) is 0 Å². The van der Waals surface area contributed by atoms with Crippen LogP contribution in [0.5, 0.6) is 0 Å². The number of carbonyl (C=O) groups is 2. The molecule has 0 radical (unpaired) electrons. The SMILES string of the molecule is O=C([O-])CCCCCC(=O)NC1CCC1. The maximum absolute atomic E-state index is 11.3. The van der Waals surface area contributed by atoms with E-state index in [1.165, 1.54) is 6.42 Å². The Morgan fingerprint density at radius 3 is 2.33 bits per heavy atom. The van der Waals surface area contributed by atoms with Crippen molar-refractivity contribution < 1.29 is 14.7 Å². The lowest BCUT2D eigenvalue weighted by molar-refractivity contribution is -0.305. The van der Waals surface area contributed by atoms with Crippen molar-refractivity contribution in [1.82, 2.24) is 5.32 Å². The summed E-state index contributed by atoms with van der Waals surface area (Å²) in [6.07, 6.45) is 6.22. The van der Waals surface area contributed by atoms with Crippen LogP contribution in [0.1, 0.15) is 51.4 Å². The van der Waals surface area contributed by atoms with Gasteiger partial charge in [-0.1, -0.05) is 6.42 Å². The Morgan fingerprint density at radius 2 is 1.80 bits per heavy atom. The predicted octanol–water partition coefficient (Wildman–Crippen LogP) is 0.355. The van der Waals surface area contributed by atoms with E-state index in [1.54, 1.807) is 0 Å². The molecule has 0 spiro atoms. The van der Waals surface area contributed by atoms with E-state index in [4.69, 9.17) is 0 Å². The van der Waals surface area contributed by atoms with E-state index in [2.05, 4.69) is 5.32 Å². The number of amides is 1. The molecule has 15 heavy (non-hydrogen) atoms. The summed E-state index contributed by atoms with van der Waals surface area (Å²) < 4.78 is 0. The van der Waals surface area contributed by atoms with E-state index in [0.717, 1.165) is 25.7 Å². The molecule has 1 rings (SSSR count). The maximum atomic E-state index is 11.3. The number of carboxylic acid groups (broad SMARTS) is 1. The molecule has 4 heteroatoms. The van der Waals surface area contributed by atoms with Crippen LogP contribution in [0.3, 0.4) is 0 Å². The molecule has 0 bridgehead atoms. The van der Waals surface area contributed by atoms with Crippen LogP contribution in [-0.2, 0) is 9.59 Å². The number of aliphatic carboxylic acids is 1. The van der Waals surface area contributed by atoms with E-state index in [9.17, 15) is 14.7 Å². The van der Waals surface area contributed by atoms with Crippen molar-refractivity contribution in [3.8, 4) is 0 Å². The largest absolute Gasteiger partial charge is 0.550 e. The Hall–Kier alpha value is -1.06. The van der Waals surface area contributed by atoms with Crippen molar-refractivity contribution in [3.63, 3.8) is 0 Å². The average Bonchev–Trinajstić information content (AvgIpc) is 2.10. The summed E-state index contributed by atoms with van der Waals surface area (Å²) in [4.78, 5) is 21.4. The van der Waals surface area contributed by atoms with Gasteiger partial charge in [0, 0.05) is 18.4 Å². The van der Waals surface area contributed by atoms with Gasteiger partial charge in [0.05, 0.1) is 0 Å². The third-order valence-corrected chi connectivity index (χ3v) is 2.76. The quantitative estimate of drug-likeness (QED) is 0.619. The average molecular weight is 212 g/mol. The van der Waals surface area contributed by atoms with Gasteiger partial charge in [-0.05, 0) is 38.5 Å². The van der Waals surface area contributed by atoms with E-state index in [-0.39, 0.29) is 12.3 Å². The standard InChI is InChI=1S/C11H19NO3/c13-10(12-9-5-4-6-9)7-2-1-3-8-11(14)15/h9H,1-8H2,(H,12,13)(H,14,15)/p-1. The third kappa shape index (κ3) is 5.40. The third-order valence-electron chi connectivity index (χ3n) is 2.76. The molecule has 1 amide bonds. The number of hydrogen-bond donors (Lipinski definition) is 1. The van der Waals surface area contributed by atoms with Gasteiger partial charge in [-0.3, -0.25) is 4.79 Å². The fraction of sp³-hybridized carbons (Fsp3) is 0.818. The molecule has 0 aromatic rings. The van der Waals surface area contributed by atoms with Gasteiger partial charge < -0.3 is 15.2 Å². The monoisotopic (exact) mass is 212 g/mol.